The molecule has 3 heterocycles. The van der Waals surface area contributed by atoms with E-state index >= 15 is 0 Å². The quantitative estimate of drug-likeness (QED) is 0.577. The van der Waals surface area contributed by atoms with Crippen molar-refractivity contribution < 1.29 is 18.1 Å². The Kier molecular flexibility index (Phi) is 5.12. The van der Waals surface area contributed by atoms with Crippen molar-refractivity contribution in [1.29, 1.82) is 0 Å². The predicted octanol–water partition coefficient (Wildman–Crippen LogP) is 3.54. The molecule has 1 aromatic carbocycles. The minimum atomic E-state index is -0.318. The van der Waals surface area contributed by atoms with E-state index in [1.54, 1.807) is 24.0 Å². The number of hydrogen-bond acceptors (Lipinski definition) is 8. The third-order valence-corrected chi connectivity index (χ3v) is 5.36. The van der Waals surface area contributed by atoms with Crippen molar-refractivity contribution in [1.82, 2.24) is 25.2 Å². The molecule has 1 amide bonds. The normalized spacial score (nSPS) is 15.4. The van der Waals surface area contributed by atoms with E-state index < -0.39 is 0 Å². The second-order valence-corrected chi connectivity index (χ2v) is 7.85. The number of nitrogens with zero attached hydrogens (tertiary/aromatic N) is 5. The van der Waals surface area contributed by atoms with Crippen LogP contribution in [0.1, 0.15) is 42.4 Å². The molecule has 3 aromatic rings. The van der Waals surface area contributed by atoms with Gasteiger partial charge in [0.15, 0.2) is 0 Å². The van der Waals surface area contributed by atoms with Gasteiger partial charge in [0.25, 0.3) is 5.22 Å². The summed E-state index contributed by atoms with van der Waals surface area (Å²) >= 11 is 1.28. The fourth-order valence-electron chi connectivity index (χ4n) is 2.84. The van der Waals surface area contributed by atoms with Gasteiger partial charge in [0, 0.05) is 18.5 Å². The second-order valence-electron chi connectivity index (χ2n) is 6.56. The van der Waals surface area contributed by atoms with Crippen LogP contribution in [-0.2, 0) is 11.3 Å². The lowest BCUT2D eigenvalue weighted by Gasteiger charge is -2.11. The zero-order chi connectivity index (χ0) is 19.7. The third-order valence-electron chi connectivity index (χ3n) is 4.44. The highest BCUT2D eigenvalue weighted by Gasteiger charge is 2.24. The van der Waals surface area contributed by atoms with Crippen LogP contribution in [0.15, 0.2) is 32.4 Å². The number of thioether (sulfide) groups is 1. The first kappa shape index (κ1) is 18.6. The maximum Gasteiger partial charge on any atom is 0.277 e. The van der Waals surface area contributed by atoms with Crippen molar-refractivity contribution in [3.05, 3.63) is 41.4 Å². The molecule has 1 fully saturated rings. The summed E-state index contributed by atoms with van der Waals surface area (Å²) in [6.07, 6.45) is 1.42. The standard InChI is InChI=1S/C18H18FN5O3S/c1-10-5-6-12(8-13(10)19)16-20-17(27-23-16)11(2)28-18-22-21-14(26-18)9-24-7-3-4-15(24)25/h5-6,8,11H,3-4,7,9H2,1-2H3. The number of benzene rings is 1. The highest BCUT2D eigenvalue weighted by Crippen LogP contribution is 2.34. The maximum atomic E-state index is 13.7. The summed E-state index contributed by atoms with van der Waals surface area (Å²) in [7, 11) is 0. The van der Waals surface area contributed by atoms with Crippen molar-refractivity contribution in [2.75, 3.05) is 6.54 Å². The Balaban J connectivity index is 1.41. The third kappa shape index (κ3) is 3.91. The summed E-state index contributed by atoms with van der Waals surface area (Å²) in [5, 5.41) is 12.0. The number of halogens is 1. The molecule has 1 saturated heterocycles. The fourth-order valence-corrected chi connectivity index (χ4v) is 3.57. The molecule has 4 rings (SSSR count). The molecule has 0 bridgehead atoms. The van der Waals surface area contributed by atoms with Gasteiger partial charge < -0.3 is 13.8 Å². The highest BCUT2D eigenvalue weighted by atomic mass is 32.2. The van der Waals surface area contributed by atoms with Crippen molar-refractivity contribution in [3.8, 4) is 11.4 Å². The lowest BCUT2D eigenvalue weighted by molar-refractivity contribution is -0.128. The fraction of sp³-hybridized carbons (Fsp3) is 0.389. The summed E-state index contributed by atoms with van der Waals surface area (Å²) in [6.45, 7) is 4.60. The lowest BCUT2D eigenvalue weighted by Crippen LogP contribution is -2.23. The molecule has 10 heteroatoms. The molecular formula is C18H18FN5O3S. The van der Waals surface area contributed by atoms with E-state index in [9.17, 15) is 9.18 Å². The zero-order valence-corrected chi connectivity index (χ0v) is 16.2. The molecule has 0 saturated carbocycles. The van der Waals surface area contributed by atoms with E-state index in [-0.39, 0.29) is 17.0 Å². The predicted molar refractivity (Wildman–Crippen MR) is 97.7 cm³/mol. The lowest BCUT2D eigenvalue weighted by atomic mass is 10.1. The van der Waals surface area contributed by atoms with Crippen LogP contribution in [0.3, 0.4) is 0 Å². The molecule has 1 aliphatic rings. The van der Waals surface area contributed by atoms with Crippen LogP contribution >= 0.6 is 11.8 Å². The number of carbonyl (C=O) groups excluding carboxylic acids is 1. The van der Waals surface area contributed by atoms with Crippen LogP contribution in [0, 0.1) is 12.7 Å². The summed E-state index contributed by atoms with van der Waals surface area (Å²) in [6, 6.07) is 4.80. The van der Waals surface area contributed by atoms with Crippen LogP contribution < -0.4 is 0 Å². The number of amides is 1. The van der Waals surface area contributed by atoms with Gasteiger partial charge in [0.1, 0.15) is 5.82 Å². The largest absolute Gasteiger partial charge is 0.414 e. The molecule has 2 aromatic heterocycles. The van der Waals surface area contributed by atoms with E-state index in [0.717, 1.165) is 6.42 Å². The minimum Gasteiger partial charge on any atom is -0.414 e. The Hall–Kier alpha value is -2.75. The molecule has 146 valence electrons. The van der Waals surface area contributed by atoms with Crippen LogP contribution in [0.2, 0.25) is 0 Å². The molecule has 0 radical (unpaired) electrons. The van der Waals surface area contributed by atoms with E-state index in [4.69, 9.17) is 8.94 Å². The summed E-state index contributed by atoms with van der Waals surface area (Å²) in [4.78, 5) is 17.7. The van der Waals surface area contributed by atoms with Gasteiger partial charge in [-0.2, -0.15) is 4.98 Å². The molecule has 1 unspecified atom stereocenters. The Labute approximate surface area is 164 Å². The zero-order valence-electron chi connectivity index (χ0n) is 15.4. The number of hydrogen-bond donors (Lipinski definition) is 0. The maximum absolute atomic E-state index is 13.7. The van der Waals surface area contributed by atoms with Gasteiger partial charge in [0.05, 0.1) is 11.8 Å². The van der Waals surface area contributed by atoms with Gasteiger partial charge >= 0.3 is 0 Å². The Morgan fingerprint density at radius 1 is 1.36 bits per heavy atom. The van der Waals surface area contributed by atoms with Crippen molar-refractivity contribution in [3.63, 3.8) is 0 Å². The SMILES string of the molecule is Cc1ccc(-c2noc(C(C)Sc3nnc(CN4CCCC4=O)o3)n2)cc1F. The van der Waals surface area contributed by atoms with Crippen LogP contribution in [0.25, 0.3) is 11.4 Å². The van der Waals surface area contributed by atoms with Crippen LogP contribution in [0.4, 0.5) is 4.39 Å². The molecule has 0 spiro atoms. The van der Waals surface area contributed by atoms with Gasteiger partial charge in [-0.3, -0.25) is 4.79 Å². The molecule has 28 heavy (non-hydrogen) atoms. The van der Waals surface area contributed by atoms with Crippen LogP contribution in [0.5, 0.6) is 0 Å². The summed E-state index contributed by atoms with van der Waals surface area (Å²) < 4.78 is 24.7. The van der Waals surface area contributed by atoms with Crippen molar-refractivity contribution >= 4 is 17.7 Å². The average molecular weight is 403 g/mol. The number of likely N-dealkylation sites (tertiary alicyclic amines) is 1. The number of aryl methyl sites for hydroxylation is 1. The van der Waals surface area contributed by atoms with Crippen LogP contribution in [-0.4, -0.2) is 37.7 Å². The van der Waals surface area contributed by atoms with Gasteiger partial charge in [-0.25, -0.2) is 4.39 Å². The number of rotatable bonds is 6. The monoisotopic (exact) mass is 403 g/mol. The smallest absolute Gasteiger partial charge is 0.277 e. The molecule has 1 atom stereocenters. The van der Waals surface area contributed by atoms with E-state index in [2.05, 4.69) is 20.3 Å². The second kappa shape index (κ2) is 7.70. The summed E-state index contributed by atoms with van der Waals surface area (Å²) in [5.41, 5.74) is 1.10. The Morgan fingerprint density at radius 3 is 2.96 bits per heavy atom. The van der Waals surface area contributed by atoms with Gasteiger partial charge in [-0.05, 0) is 31.9 Å². The summed E-state index contributed by atoms with van der Waals surface area (Å²) in [5.74, 6) is 0.870. The average Bonchev–Trinajstić information content (AvgIpc) is 3.40. The van der Waals surface area contributed by atoms with Crippen molar-refractivity contribution in [2.45, 2.75) is 43.7 Å². The highest BCUT2D eigenvalue weighted by molar-refractivity contribution is 7.99. The van der Waals surface area contributed by atoms with Crippen molar-refractivity contribution in [2.24, 2.45) is 0 Å². The van der Waals surface area contributed by atoms with Gasteiger partial charge in [-0.15, -0.1) is 10.2 Å². The first-order valence-electron chi connectivity index (χ1n) is 8.86. The number of carbonyl (C=O) groups is 1. The van der Waals surface area contributed by atoms with E-state index in [1.807, 2.05) is 6.92 Å². The van der Waals surface area contributed by atoms with Gasteiger partial charge in [-0.1, -0.05) is 29.1 Å². The van der Waals surface area contributed by atoms with E-state index in [0.29, 0.717) is 53.5 Å². The Morgan fingerprint density at radius 2 is 2.21 bits per heavy atom. The Bertz CT molecular complexity index is 1000. The van der Waals surface area contributed by atoms with E-state index in [1.165, 1.54) is 17.8 Å². The molecular weight excluding hydrogens is 385 g/mol. The molecule has 8 nitrogen and oxygen atoms in total. The topological polar surface area (TPSA) is 98.2 Å². The first-order chi connectivity index (χ1) is 13.5. The first-order valence-corrected chi connectivity index (χ1v) is 9.74. The molecule has 0 aliphatic carbocycles. The molecule has 0 N–H and O–H groups in total. The minimum absolute atomic E-state index is 0.103. The van der Waals surface area contributed by atoms with Gasteiger partial charge in [0.2, 0.25) is 23.5 Å². The number of aromatic nitrogens is 4. The molecule has 1 aliphatic heterocycles.